The van der Waals surface area contributed by atoms with Gasteiger partial charge in [0.25, 0.3) is 0 Å². The largest absolute Gasteiger partial charge is 0.393 e. The predicted octanol–water partition coefficient (Wildman–Crippen LogP) is 0.776. The molecule has 3 aliphatic carbocycles. The molecule has 0 aromatic rings. The topological polar surface area (TPSA) is 40.5 Å². The van der Waals surface area contributed by atoms with E-state index in [1.54, 1.807) is 0 Å². The Hall–Kier alpha value is -0.0800. The first-order chi connectivity index (χ1) is 5.14. The molecule has 2 unspecified atom stereocenters. The zero-order chi connectivity index (χ0) is 8.06. The molecular formula is C9H16O2. The number of fused-ring (bicyclic) bond motifs is 2. The van der Waals surface area contributed by atoms with Gasteiger partial charge in [0.1, 0.15) is 0 Å². The van der Waals surface area contributed by atoms with Gasteiger partial charge in [0.2, 0.25) is 0 Å². The molecule has 3 aliphatic rings. The van der Waals surface area contributed by atoms with Crippen LogP contribution in [0.4, 0.5) is 0 Å². The van der Waals surface area contributed by atoms with E-state index in [2.05, 4.69) is 6.92 Å². The molecular weight excluding hydrogens is 140 g/mol. The minimum Gasteiger partial charge on any atom is -0.393 e. The second-order valence-electron chi connectivity index (χ2n) is 4.41. The van der Waals surface area contributed by atoms with Crippen LogP contribution in [0.15, 0.2) is 0 Å². The molecule has 3 rings (SSSR count). The van der Waals surface area contributed by atoms with E-state index in [9.17, 15) is 5.11 Å². The molecule has 64 valence electrons. The predicted molar refractivity (Wildman–Crippen MR) is 42.0 cm³/mol. The molecule has 11 heavy (non-hydrogen) atoms. The highest BCUT2D eigenvalue weighted by Gasteiger charge is 2.50. The summed E-state index contributed by atoms with van der Waals surface area (Å²) < 4.78 is 0. The summed E-state index contributed by atoms with van der Waals surface area (Å²) in [4.78, 5) is 0. The van der Waals surface area contributed by atoms with Crippen LogP contribution < -0.4 is 0 Å². The monoisotopic (exact) mass is 156 g/mol. The van der Waals surface area contributed by atoms with Gasteiger partial charge >= 0.3 is 0 Å². The minimum atomic E-state index is -0.722. The summed E-state index contributed by atoms with van der Waals surface area (Å²) in [6, 6.07) is 0. The van der Waals surface area contributed by atoms with Crippen molar-refractivity contribution < 1.29 is 10.2 Å². The fourth-order valence-corrected chi connectivity index (χ4v) is 2.73. The minimum absolute atomic E-state index is 0.0489. The fraction of sp³-hybridized carbons (Fsp3) is 1.00. The first-order valence-electron chi connectivity index (χ1n) is 4.48. The van der Waals surface area contributed by atoms with Gasteiger partial charge in [-0.15, -0.1) is 0 Å². The Morgan fingerprint density at radius 3 is 2.27 bits per heavy atom. The zero-order valence-electron chi connectivity index (χ0n) is 6.95. The van der Waals surface area contributed by atoms with Crippen LogP contribution in [0, 0.1) is 17.8 Å². The summed E-state index contributed by atoms with van der Waals surface area (Å²) in [5.41, 5.74) is -0.722. The van der Waals surface area contributed by atoms with E-state index < -0.39 is 5.60 Å². The number of rotatable bonds is 1. The summed E-state index contributed by atoms with van der Waals surface area (Å²) in [6.07, 6.45) is 2.92. The molecule has 0 aromatic carbocycles. The molecule has 0 aromatic heterocycles. The molecule has 2 N–H and O–H groups in total. The van der Waals surface area contributed by atoms with Crippen molar-refractivity contribution in [2.24, 2.45) is 17.8 Å². The third kappa shape index (κ3) is 1.00. The van der Waals surface area contributed by atoms with Gasteiger partial charge in [-0.3, -0.25) is 0 Å². The van der Waals surface area contributed by atoms with Crippen LogP contribution >= 0.6 is 0 Å². The smallest absolute Gasteiger partial charge is 0.0882 e. The second-order valence-corrected chi connectivity index (χ2v) is 4.41. The van der Waals surface area contributed by atoms with E-state index >= 15 is 0 Å². The van der Waals surface area contributed by atoms with Gasteiger partial charge < -0.3 is 10.2 Å². The average molecular weight is 156 g/mol. The Morgan fingerprint density at radius 1 is 1.36 bits per heavy atom. The van der Waals surface area contributed by atoms with E-state index in [-0.39, 0.29) is 6.61 Å². The molecule has 0 saturated heterocycles. The molecule has 2 atom stereocenters. The quantitative estimate of drug-likeness (QED) is 0.589. The van der Waals surface area contributed by atoms with Gasteiger partial charge in [0.05, 0.1) is 12.2 Å². The highest BCUT2D eigenvalue weighted by Crippen LogP contribution is 2.53. The summed E-state index contributed by atoms with van der Waals surface area (Å²) in [5, 5.41) is 18.7. The normalized spacial score (nSPS) is 55.4. The van der Waals surface area contributed by atoms with E-state index in [0.29, 0.717) is 11.8 Å². The lowest BCUT2D eigenvalue weighted by molar-refractivity contribution is -0.140. The Labute approximate surface area is 67.2 Å². The molecule has 2 bridgehead atoms. The van der Waals surface area contributed by atoms with Crippen LogP contribution in [0.25, 0.3) is 0 Å². The molecule has 0 amide bonds. The van der Waals surface area contributed by atoms with Crippen molar-refractivity contribution in [2.75, 3.05) is 6.61 Å². The molecule has 0 aliphatic heterocycles. The van der Waals surface area contributed by atoms with Gasteiger partial charge in [0, 0.05) is 0 Å². The second kappa shape index (κ2) is 2.20. The number of aliphatic hydroxyl groups excluding tert-OH is 1. The molecule has 2 heteroatoms. The van der Waals surface area contributed by atoms with Gasteiger partial charge in [-0.1, -0.05) is 6.92 Å². The van der Waals surface area contributed by atoms with Gasteiger partial charge in [-0.25, -0.2) is 0 Å². The Balaban J connectivity index is 2.04. The van der Waals surface area contributed by atoms with Gasteiger partial charge in [0.15, 0.2) is 0 Å². The van der Waals surface area contributed by atoms with Crippen molar-refractivity contribution >= 4 is 0 Å². The standard InChI is InChI=1S/C9H16O2/c1-6-7-2-8(6)4-9(11,3-7)5-10/h6-8,10-11H,2-5H2,1H3. The highest BCUT2D eigenvalue weighted by molar-refractivity contribution is 5.00. The summed E-state index contributed by atoms with van der Waals surface area (Å²) in [7, 11) is 0. The van der Waals surface area contributed by atoms with Gasteiger partial charge in [-0.2, -0.15) is 0 Å². The van der Waals surface area contributed by atoms with Crippen LogP contribution in [-0.4, -0.2) is 22.4 Å². The number of hydrogen-bond donors (Lipinski definition) is 2. The Kier molecular flexibility index (Phi) is 1.52. The third-order valence-electron chi connectivity index (χ3n) is 3.67. The molecule has 0 heterocycles. The van der Waals surface area contributed by atoms with Crippen LogP contribution in [0.2, 0.25) is 0 Å². The van der Waals surface area contributed by atoms with E-state index in [1.165, 1.54) is 6.42 Å². The lowest BCUT2D eigenvalue weighted by Gasteiger charge is -2.54. The van der Waals surface area contributed by atoms with Gasteiger partial charge in [-0.05, 0) is 37.0 Å². The molecule has 0 spiro atoms. The molecule has 3 fully saturated rings. The van der Waals surface area contributed by atoms with Crippen molar-refractivity contribution in [3.05, 3.63) is 0 Å². The lowest BCUT2D eigenvalue weighted by Crippen LogP contribution is -2.52. The first-order valence-corrected chi connectivity index (χ1v) is 4.48. The Morgan fingerprint density at radius 2 is 1.91 bits per heavy atom. The van der Waals surface area contributed by atoms with Crippen LogP contribution in [0.3, 0.4) is 0 Å². The zero-order valence-corrected chi connectivity index (χ0v) is 6.95. The fourth-order valence-electron chi connectivity index (χ4n) is 2.73. The van der Waals surface area contributed by atoms with Crippen molar-refractivity contribution in [3.63, 3.8) is 0 Å². The van der Waals surface area contributed by atoms with Crippen LogP contribution in [-0.2, 0) is 0 Å². The third-order valence-corrected chi connectivity index (χ3v) is 3.67. The van der Waals surface area contributed by atoms with Crippen molar-refractivity contribution in [1.82, 2.24) is 0 Å². The summed E-state index contributed by atoms with van der Waals surface area (Å²) >= 11 is 0. The van der Waals surface area contributed by atoms with E-state index in [4.69, 9.17) is 5.11 Å². The maximum Gasteiger partial charge on any atom is 0.0882 e. The molecule has 2 nitrogen and oxygen atoms in total. The summed E-state index contributed by atoms with van der Waals surface area (Å²) in [5.74, 6) is 2.17. The lowest BCUT2D eigenvalue weighted by atomic mass is 9.54. The number of aliphatic hydroxyl groups is 2. The highest BCUT2D eigenvalue weighted by atomic mass is 16.3. The van der Waals surface area contributed by atoms with E-state index in [1.807, 2.05) is 0 Å². The molecule has 3 saturated carbocycles. The maximum atomic E-state index is 9.75. The van der Waals surface area contributed by atoms with Crippen molar-refractivity contribution in [3.8, 4) is 0 Å². The average Bonchev–Trinajstić information content (AvgIpc) is 2.04. The van der Waals surface area contributed by atoms with Crippen LogP contribution in [0.1, 0.15) is 26.2 Å². The number of hydrogen-bond acceptors (Lipinski definition) is 2. The SMILES string of the molecule is CC1C2CC1CC(O)(CO)C2. The maximum absolute atomic E-state index is 9.75. The first kappa shape index (κ1) is 7.56. The Bertz CT molecular complexity index is 155. The van der Waals surface area contributed by atoms with Crippen molar-refractivity contribution in [2.45, 2.75) is 31.8 Å². The summed E-state index contributed by atoms with van der Waals surface area (Å²) in [6.45, 7) is 2.21. The molecule has 0 radical (unpaired) electrons. The van der Waals surface area contributed by atoms with Crippen LogP contribution in [0.5, 0.6) is 0 Å². The van der Waals surface area contributed by atoms with Crippen molar-refractivity contribution in [1.29, 1.82) is 0 Å². The van der Waals surface area contributed by atoms with E-state index in [0.717, 1.165) is 18.8 Å².